The van der Waals surface area contributed by atoms with Gasteiger partial charge in [0.2, 0.25) is 26.0 Å². The lowest BCUT2D eigenvalue weighted by Gasteiger charge is -2.25. The average Bonchev–Trinajstić information content (AvgIpc) is 3.00. The lowest BCUT2D eigenvalue weighted by molar-refractivity contribution is -0.116. The number of hydrogen-bond acceptors (Lipinski definition) is 7. The van der Waals surface area contributed by atoms with Gasteiger partial charge in [0.05, 0.1) is 23.4 Å². The molecule has 1 unspecified atom stereocenters. The van der Waals surface area contributed by atoms with E-state index in [-0.39, 0.29) is 35.3 Å². The highest BCUT2D eigenvalue weighted by Gasteiger charge is 2.36. The molecule has 3 rings (SSSR count). The van der Waals surface area contributed by atoms with Gasteiger partial charge in [-0.15, -0.1) is 0 Å². The number of likely N-dealkylation sites (N-methyl/N-ethyl adjacent to an activating group) is 1. The van der Waals surface area contributed by atoms with Gasteiger partial charge in [0.15, 0.2) is 0 Å². The van der Waals surface area contributed by atoms with Gasteiger partial charge >= 0.3 is 0 Å². The highest BCUT2D eigenvalue weighted by atomic mass is 32.2. The molecule has 0 radical (unpaired) electrons. The number of sulfonamides is 2. The number of carbonyl (C=O) groups excluding carboxylic acids is 1. The summed E-state index contributed by atoms with van der Waals surface area (Å²) in [5, 5.41) is 0. The summed E-state index contributed by atoms with van der Waals surface area (Å²) in [5.41, 5.74) is 1.41. The van der Waals surface area contributed by atoms with Crippen LogP contribution in [0, 0.1) is 6.92 Å². The van der Waals surface area contributed by atoms with Gasteiger partial charge in [-0.3, -0.25) is 4.79 Å². The molecule has 0 spiro atoms. The molecule has 0 aromatic heterocycles. The molecule has 1 aliphatic heterocycles. The summed E-state index contributed by atoms with van der Waals surface area (Å²) in [6.07, 6.45) is -0.0831. The van der Waals surface area contributed by atoms with Crippen LogP contribution < -0.4 is 13.8 Å². The molecule has 174 valence electrons. The van der Waals surface area contributed by atoms with Crippen molar-refractivity contribution in [3.63, 3.8) is 0 Å². The largest absolute Gasteiger partial charge is 0.497 e. The van der Waals surface area contributed by atoms with Gasteiger partial charge in [-0.1, -0.05) is 12.1 Å². The zero-order valence-electron chi connectivity index (χ0n) is 18.4. The third-order valence-electron chi connectivity index (χ3n) is 5.35. The second-order valence-corrected chi connectivity index (χ2v) is 11.5. The fourth-order valence-electron chi connectivity index (χ4n) is 3.62. The molecule has 0 aliphatic carbocycles. The van der Waals surface area contributed by atoms with E-state index in [1.807, 2.05) is 43.3 Å². The second kappa shape index (κ2) is 9.18. The van der Waals surface area contributed by atoms with Crippen LogP contribution in [-0.4, -0.2) is 61.1 Å². The number of carbonyl (C=O) groups is 1. The first kappa shape index (κ1) is 24.2. The van der Waals surface area contributed by atoms with Crippen LogP contribution in [0.1, 0.15) is 23.6 Å². The molecule has 32 heavy (non-hydrogen) atoms. The van der Waals surface area contributed by atoms with Crippen molar-refractivity contribution in [1.29, 1.82) is 0 Å². The number of benzene rings is 2. The first-order valence-corrected chi connectivity index (χ1v) is 13.0. The fraction of sp³-hybridized carbons (Fsp3) is 0.381. The molecule has 2 aromatic rings. The number of hydrogen-bond donors (Lipinski definition) is 1. The molecule has 9 nitrogen and oxygen atoms in total. The van der Waals surface area contributed by atoms with E-state index in [2.05, 4.69) is 4.72 Å². The lowest BCUT2D eigenvalue weighted by Crippen LogP contribution is -2.35. The van der Waals surface area contributed by atoms with Crippen LogP contribution in [0.3, 0.4) is 0 Å². The Balaban J connectivity index is 1.82. The van der Waals surface area contributed by atoms with Crippen LogP contribution in [0.4, 0.5) is 5.69 Å². The number of rotatable bonds is 8. The normalized spacial score (nSPS) is 17.0. The van der Waals surface area contributed by atoms with Gasteiger partial charge in [0, 0.05) is 19.0 Å². The lowest BCUT2D eigenvalue weighted by atomic mass is 10.1. The summed E-state index contributed by atoms with van der Waals surface area (Å²) >= 11 is 0. The quantitative estimate of drug-likeness (QED) is 0.610. The maximum absolute atomic E-state index is 13.0. The van der Waals surface area contributed by atoms with Crippen LogP contribution in [0.15, 0.2) is 47.4 Å². The van der Waals surface area contributed by atoms with E-state index in [9.17, 15) is 21.6 Å². The molecular weight excluding hydrogens is 454 g/mol. The van der Waals surface area contributed by atoms with Crippen molar-refractivity contribution in [1.82, 2.24) is 9.62 Å². The number of methoxy groups -OCH3 is 1. The monoisotopic (exact) mass is 481 g/mol. The highest BCUT2D eigenvalue weighted by Crippen LogP contribution is 2.29. The predicted octanol–water partition coefficient (Wildman–Crippen LogP) is 1.65. The summed E-state index contributed by atoms with van der Waals surface area (Å²) in [6.45, 7) is 1.69. The maximum Gasteiger partial charge on any atom is 0.242 e. The number of amides is 1. The molecule has 1 atom stereocenters. The molecule has 1 heterocycles. The van der Waals surface area contributed by atoms with E-state index in [4.69, 9.17) is 4.74 Å². The standard InChI is InChI=1S/C21H27N3O6S2/c1-15-13-17(24-21(25)11-12-31(24,26)27)7-10-20(15)32(28,29)22-14-19(23(2)3)16-5-8-18(30-4)9-6-16/h5-10,13,19,22H,11-12,14H2,1-4H3. The Morgan fingerprint density at radius 3 is 2.31 bits per heavy atom. The summed E-state index contributed by atoms with van der Waals surface area (Å²) in [5.74, 6) is -0.0588. The number of anilines is 1. The summed E-state index contributed by atoms with van der Waals surface area (Å²) in [4.78, 5) is 13.9. The minimum atomic E-state index is -3.88. The Kier molecular flexibility index (Phi) is 6.94. The molecule has 1 N–H and O–H groups in total. The fourth-order valence-corrected chi connectivity index (χ4v) is 6.34. The van der Waals surface area contributed by atoms with Gasteiger partial charge in [-0.25, -0.2) is 25.9 Å². The van der Waals surface area contributed by atoms with Gasteiger partial charge in [0.1, 0.15) is 5.75 Å². The Labute approximate surface area is 189 Å². The van der Waals surface area contributed by atoms with Crippen LogP contribution in [0.2, 0.25) is 0 Å². The number of ether oxygens (including phenoxy) is 1. The Morgan fingerprint density at radius 1 is 1.16 bits per heavy atom. The van der Waals surface area contributed by atoms with Gasteiger partial charge < -0.3 is 9.64 Å². The van der Waals surface area contributed by atoms with Crippen molar-refractivity contribution in [2.24, 2.45) is 0 Å². The average molecular weight is 482 g/mol. The summed E-state index contributed by atoms with van der Waals surface area (Å²) < 4.78 is 58.8. The molecule has 0 saturated carbocycles. The first-order chi connectivity index (χ1) is 15.0. The molecule has 1 amide bonds. The van der Waals surface area contributed by atoms with Gasteiger partial charge in [-0.2, -0.15) is 0 Å². The van der Waals surface area contributed by atoms with Crippen molar-refractivity contribution < 1.29 is 26.4 Å². The van der Waals surface area contributed by atoms with Crippen molar-refractivity contribution in [2.75, 3.05) is 37.8 Å². The van der Waals surface area contributed by atoms with Crippen molar-refractivity contribution in [2.45, 2.75) is 24.3 Å². The second-order valence-electron chi connectivity index (χ2n) is 7.78. The molecule has 0 bridgehead atoms. The third-order valence-corrected chi connectivity index (χ3v) is 8.63. The van der Waals surface area contributed by atoms with Crippen LogP contribution >= 0.6 is 0 Å². The Bertz CT molecular complexity index is 1210. The minimum Gasteiger partial charge on any atom is -0.497 e. The zero-order valence-corrected chi connectivity index (χ0v) is 20.0. The van der Waals surface area contributed by atoms with Gasteiger partial charge in [-0.05, 0) is 62.5 Å². The topological polar surface area (TPSA) is 113 Å². The SMILES string of the molecule is COc1ccc(C(CNS(=O)(=O)c2ccc(N3C(=O)CCS3(=O)=O)cc2C)N(C)C)cc1. The molecule has 1 fully saturated rings. The van der Waals surface area contributed by atoms with Crippen molar-refractivity contribution >= 4 is 31.6 Å². The van der Waals surface area contributed by atoms with Crippen molar-refractivity contribution in [3.05, 3.63) is 53.6 Å². The van der Waals surface area contributed by atoms with Crippen molar-refractivity contribution in [3.8, 4) is 5.75 Å². The van der Waals surface area contributed by atoms with E-state index >= 15 is 0 Å². The predicted molar refractivity (Wildman–Crippen MR) is 122 cm³/mol. The number of aryl methyl sites for hydroxylation is 1. The summed E-state index contributed by atoms with van der Waals surface area (Å²) in [7, 11) is -2.30. The Hall–Kier alpha value is -2.47. The van der Waals surface area contributed by atoms with E-state index in [0.717, 1.165) is 9.87 Å². The zero-order chi connectivity index (χ0) is 23.7. The number of nitrogens with zero attached hydrogens (tertiary/aromatic N) is 2. The highest BCUT2D eigenvalue weighted by molar-refractivity contribution is 7.94. The van der Waals surface area contributed by atoms with Crippen LogP contribution in [0.25, 0.3) is 0 Å². The number of nitrogens with one attached hydrogen (secondary N) is 1. The van der Waals surface area contributed by atoms with E-state index in [1.54, 1.807) is 14.0 Å². The van der Waals surface area contributed by atoms with Crippen LogP contribution in [0.5, 0.6) is 5.75 Å². The third kappa shape index (κ3) is 4.96. The van der Waals surface area contributed by atoms with Gasteiger partial charge in [0.25, 0.3) is 0 Å². The molecule has 11 heteroatoms. The minimum absolute atomic E-state index is 0.0255. The van der Waals surface area contributed by atoms with Crippen LogP contribution in [-0.2, 0) is 24.8 Å². The van der Waals surface area contributed by atoms with E-state index in [1.165, 1.54) is 18.2 Å². The Morgan fingerprint density at radius 2 is 1.81 bits per heavy atom. The maximum atomic E-state index is 13.0. The molecular formula is C21H27N3O6S2. The first-order valence-electron chi connectivity index (χ1n) is 9.93. The van der Waals surface area contributed by atoms with E-state index in [0.29, 0.717) is 11.3 Å². The summed E-state index contributed by atoms with van der Waals surface area (Å²) in [6, 6.07) is 11.2. The molecule has 1 aliphatic rings. The van der Waals surface area contributed by atoms with E-state index < -0.39 is 26.0 Å². The molecule has 2 aromatic carbocycles. The molecule has 1 saturated heterocycles. The smallest absolute Gasteiger partial charge is 0.242 e.